The molecule has 0 saturated heterocycles. The molecule has 0 aromatic heterocycles. The molecule has 130 valence electrons. The maximum absolute atomic E-state index is 12.2. The first kappa shape index (κ1) is 16.7. The molecule has 0 amide bonds. The van der Waals surface area contributed by atoms with Crippen LogP contribution in [0, 0.1) is 0 Å². The third-order valence-electron chi connectivity index (χ3n) is 4.40. The van der Waals surface area contributed by atoms with Gasteiger partial charge >= 0.3 is 5.79 Å². The van der Waals surface area contributed by atoms with Gasteiger partial charge < -0.3 is 9.47 Å². The molecule has 4 rings (SSSR count). The van der Waals surface area contributed by atoms with Crippen molar-refractivity contribution >= 4 is 17.4 Å². The first-order chi connectivity index (χ1) is 12.6. The Morgan fingerprint density at radius 1 is 0.846 bits per heavy atom. The predicted molar refractivity (Wildman–Crippen MR) is 101 cm³/mol. The number of carbonyl (C=O) groups excluding carboxylic acids is 1. The number of halogens is 1. The molecule has 1 aliphatic heterocycles. The van der Waals surface area contributed by atoms with Crippen molar-refractivity contribution < 1.29 is 14.3 Å². The minimum atomic E-state index is -1.08. The van der Waals surface area contributed by atoms with Gasteiger partial charge in [0, 0.05) is 16.7 Å². The van der Waals surface area contributed by atoms with Crippen LogP contribution in [0.25, 0.3) is 0 Å². The summed E-state index contributed by atoms with van der Waals surface area (Å²) in [7, 11) is 0. The van der Waals surface area contributed by atoms with Gasteiger partial charge in [0.2, 0.25) is 0 Å². The van der Waals surface area contributed by atoms with Gasteiger partial charge in [-0.15, -0.1) is 11.6 Å². The van der Waals surface area contributed by atoms with Crippen molar-refractivity contribution in [2.75, 3.05) is 0 Å². The number of alkyl halides is 1. The Bertz CT molecular complexity index is 897. The number of Topliss-reactive ketones (excluding diaryl/α,β-unsaturated/α-hetero) is 1. The molecule has 3 aromatic carbocycles. The van der Waals surface area contributed by atoms with E-state index in [2.05, 4.69) is 0 Å². The third kappa shape index (κ3) is 2.74. The summed E-state index contributed by atoms with van der Waals surface area (Å²) in [5.74, 6) is -0.105. The molecule has 4 heteroatoms. The van der Waals surface area contributed by atoms with Crippen molar-refractivity contribution in [3.63, 3.8) is 0 Å². The van der Waals surface area contributed by atoms with Crippen LogP contribution in [0.2, 0.25) is 0 Å². The van der Waals surface area contributed by atoms with E-state index in [0.717, 1.165) is 11.1 Å². The first-order valence-corrected chi connectivity index (χ1v) is 8.85. The van der Waals surface area contributed by atoms with Gasteiger partial charge in [0.1, 0.15) is 0 Å². The van der Waals surface area contributed by atoms with E-state index < -0.39 is 11.2 Å². The number of benzene rings is 3. The maximum atomic E-state index is 12.2. The van der Waals surface area contributed by atoms with E-state index in [-0.39, 0.29) is 5.78 Å². The van der Waals surface area contributed by atoms with E-state index in [1.54, 1.807) is 25.1 Å². The second kappa shape index (κ2) is 6.50. The Kier molecular flexibility index (Phi) is 4.17. The molecule has 3 nitrogen and oxygen atoms in total. The predicted octanol–water partition coefficient (Wildman–Crippen LogP) is 5.17. The van der Waals surface area contributed by atoms with E-state index in [1.807, 2.05) is 60.7 Å². The number of ketones is 1. The summed E-state index contributed by atoms with van der Waals surface area (Å²) >= 11 is 5.94. The van der Waals surface area contributed by atoms with E-state index in [0.29, 0.717) is 17.1 Å². The van der Waals surface area contributed by atoms with Crippen LogP contribution in [-0.4, -0.2) is 11.2 Å². The van der Waals surface area contributed by atoms with Gasteiger partial charge in [-0.3, -0.25) is 4.79 Å². The minimum absolute atomic E-state index is 0.144. The average Bonchev–Trinajstić information content (AvgIpc) is 3.08. The largest absolute Gasteiger partial charge is 0.440 e. The van der Waals surface area contributed by atoms with Gasteiger partial charge in [0.15, 0.2) is 17.3 Å². The summed E-state index contributed by atoms with van der Waals surface area (Å²) in [5.41, 5.74) is 2.26. The van der Waals surface area contributed by atoms with E-state index in [9.17, 15) is 4.79 Å². The number of hydrogen-bond donors (Lipinski definition) is 0. The first-order valence-electron chi connectivity index (χ1n) is 8.41. The molecule has 0 bridgehead atoms. The zero-order valence-corrected chi connectivity index (χ0v) is 14.9. The zero-order valence-electron chi connectivity index (χ0n) is 14.2. The highest BCUT2D eigenvalue weighted by atomic mass is 35.5. The molecule has 0 saturated carbocycles. The minimum Gasteiger partial charge on any atom is -0.440 e. The molecule has 1 atom stereocenters. The van der Waals surface area contributed by atoms with Gasteiger partial charge in [-0.25, -0.2) is 0 Å². The molecule has 1 unspecified atom stereocenters. The van der Waals surface area contributed by atoms with Gasteiger partial charge in [-0.1, -0.05) is 60.7 Å². The maximum Gasteiger partial charge on any atom is 0.305 e. The summed E-state index contributed by atoms with van der Waals surface area (Å²) in [6.07, 6.45) is 0. The molecule has 3 aromatic rings. The Morgan fingerprint density at radius 3 is 1.92 bits per heavy atom. The van der Waals surface area contributed by atoms with Gasteiger partial charge in [0.25, 0.3) is 0 Å². The fourth-order valence-electron chi connectivity index (χ4n) is 3.10. The lowest BCUT2D eigenvalue weighted by Crippen LogP contribution is -2.36. The Hall–Kier alpha value is -2.78. The van der Waals surface area contributed by atoms with E-state index in [4.69, 9.17) is 21.1 Å². The molecule has 1 aliphatic rings. The highest BCUT2D eigenvalue weighted by Gasteiger charge is 2.45. The highest BCUT2D eigenvalue weighted by Crippen LogP contribution is 2.47. The summed E-state index contributed by atoms with van der Waals surface area (Å²) in [5, 5.41) is -0.594. The Labute approximate surface area is 157 Å². The SMILES string of the molecule is CC(Cl)C(=O)c1ccc2c(c1)OC(c1ccccc1)(c1ccccc1)O2. The Morgan fingerprint density at radius 2 is 1.38 bits per heavy atom. The van der Waals surface area contributed by atoms with Gasteiger partial charge in [0.05, 0.1) is 5.38 Å². The number of rotatable bonds is 4. The monoisotopic (exact) mass is 364 g/mol. The van der Waals surface area contributed by atoms with Crippen LogP contribution < -0.4 is 9.47 Å². The molecule has 0 spiro atoms. The lowest BCUT2D eigenvalue weighted by molar-refractivity contribution is -0.0459. The van der Waals surface area contributed by atoms with E-state index >= 15 is 0 Å². The molecular formula is C22H17ClO3. The number of carbonyl (C=O) groups is 1. The van der Waals surface area contributed by atoms with E-state index in [1.165, 1.54) is 0 Å². The summed E-state index contributed by atoms with van der Waals surface area (Å²) < 4.78 is 12.6. The summed E-state index contributed by atoms with van der Waals surface area (Å²) in [6.45, 7) is 1.66. The van der Waals surface area contributed by atoms with Crippen LogP contribution >= 0.6 is 11.6 Å². The van der Waals surface area contributed by atoms with Crippen molar-refractivity contribution in [1.82, 2.24) is 0 Å². The fraction of sp³-hybridized carbons (Fsp3) is 0.136. The molecule has 0 radical (unpaired) electrons. The lowest BCUT2D eigenvalue weighted by atomic mass is 9.97. The zero-order chi connectivity index (χ0) is 18.1. The molecule has 26 heavy (non-hydrogen) atoms. The standard InChI is InChI=1S/C22H17ClO3/c1-15(23)21(24)16-12-13-19-20(14-16)26-22(25-19,17-8-4-2-5-9-17)18-10-6-3-7-11-18/h2-15H,1H3. The van der Waals surface area contributed by atoms with Gasteiger partial charge in [-0.2, -0.15) is 0 Å². The normalized spacial score (nSPS) is 15.5. The highest BCUT2D eigenvalue weighted by molar-refractivity contribution is 6.33. The van der Waals surface area contributed by atoms with Crippen LogP contribution in [-0.2, 0) is 5.79 Å². The quantitative estimate of drug-likeness (QED) is 0.473. The van der Waals surface area contributed by atoms with Gasteiger partial charge in [-0.05, 0) is 25.1 Å². The molecule has 1 heterocycles. The molecule has 0 N–H and O–H groups in total. The van der Waals surface area contributed by atoms with Crippen molar-refractivity contribution in [3.05, 3.63) is 95.6 Å². The third-order valence-corrected chi connectivity index (χ3v) is 4.60. The fourth-order valence-corrected chi connectivity index (χ4v) is 3.23. The molecular weight excluding hydrogens is 348 g/mol. The van der Waals surface area contributed by atoms with Crippen LogP contribution in [0.4, 0.5) is 0 Å². The van der Waals surface area contributed by atoms with Crippen LogP contribution in [0.5, 0.6) is 11.5 Å². The smallest absolute Gasteiger partial charge is 0.305 e. The average molecular weight is 365 g/mol. The van der Waals surface area contributed by atoms with Crippen molar-refractivity contribution in [1.29, 1.82) is 0 Å². The lowest BCUT2D eigenvalue weighted by Gasteiger charge is -2.28. The van der Waals surface area contributed by atoms with Crippen LogP contribution in [0.3, 0.4) is 0 Å². The number of hydrogen-bond acceptors (Lipinski definition) is 3. The topological polar surface area (TPSA) is 35.5 Å². The van der Waals surface area contributed by atoms with Crippen molar-refractivity contribution in [3.8, 4) is 11.5 Å². The summed E-state index contributed by atoms with van der Waals surface area (Å²) in [6, 6.07) is 24.7. The summed E-state index contributed by atoms with van der Waals surface area (Å²) in [4.78, 5) is 12.2. The number of ether oxygens (including phenoxy) is 2. The second-order valence-corrected chi connectivity index (χ2v) is 6.85. The molecule has 0 aliphatic carbocycles. The van der Waals surface area contributed by atoms with Crippen LogP contribution in [0.15, 0.2) is 78.9 Å². The van der Waals surface area contributed by atoms with Crippen molar-refractivity contribution in [2.24, 2.45) is 0 Å². The van der Waals surface area contributed by atoms with Crippen LogP contribution in [0.1, 0.15) is 28.4 Å². The van der Waals surface area contributed by atoms with Crippen molar-refractivity contribution in [2.45, 2.75) is 18.1 Å². The molecule has 0 fully saturated rings. The Balaban J connectivity index is 1.81. The second-order valence-electron chi connectivity index (χ2n) is 6.19. The number of fused-ring (bicyclic) bond motifs is 1.